The van der Waals surface area contributed by atoms with Crippen LogP contribution in [0.3, 0.4) is 0 Å². The first-order chi connectivity index (χ1) is 4.29. The molecule has 52 valence electrons. The van der Waals surface area contributed by atoms with Crippen molar-refractivity contribution in [3.8, 4) is 0 Å². The van der Waals surface area contributed by atoms with Gasteiger partial charge in [-0.1, -0.05) is 6.08 Å². The minimum absolute atomic E-state index is 0.859. The number of allylic oxidation sites excluding steroid dienone is 2. The van der Waals surface area contributed by atoms with Crippen LogP contribution in [0.2, 0.25) is 13.1 Å². The van der Waals surface area contributed by atoms with Gasteiger partial charge in [0, 0.05) is 5.70 Å². The van der Waals surface area contributed by atoms with Crippen molar-refractivity contribution in [2.45, 2.75) is 25.9 Å². The third-order valence-corrected chi connectivity index (χ3v) is 1.82. The van der Waals surface area contributed by atoms with E-state index < -0.39 is 9.04 Å². The molecule has 0 fully saturated rings. The maximum Gasteiger partial charge on any atom is 0.208 e. The quantitative estimate of drug-likeness (QED) is 0.473. The van der Waals surface area contributed by atoms with Crippen LogP contribution in [-0.2, 0) is 4.53 Å². The molecule has 0 bridgehead atoms. The van der Waals surface area contributed by atoms with Crippen LogP contribution in [0.1, 0.15) is 12.8 Å². The van der Waals surface area contributed by atoms with E-state index in [-0.39, 0.29) is 0 Å². The van der Waals surface area contributed by atoms with Crippen LogP contribution in [0, 0.1) is 0 Å². The van der Waals surface area contributed by atoms with Crippen molar-refractivity contribution in [2.24, 2.45) is 0 Å². The molecule has 0 saturated carbocycles. The summed E-state index contributed by atoms with van der Waals surface area (Å²) in [7, 11) is -0.859. The molecule has 1 rings (SSSR count). The Morgan fingerprint density at radius 1 is 1.67 bits per heavy atom. The Morgan fingerprint density at radius 2 is 2.33 bits per heavy atom. The Balaban J connectivity index is 2.05. The van der Waals surface area contributed by atoms with Gasteiger partial charge in [0.1, 0.15) is 0 Å². The molecule has 0 heterocycles. The zero-order chi connectivity index (χ0) is 6.69. The Kier molecular flexibility index (Phi) is 2.30. The van der Waals surface area contributed by atoms with E-state index in [9.17, 15) is 0 Å². The van der Waals surface area contributed by atoms with Crippen molar-refractivity contribution >= 4 is 9.04 Å². The standard InChI is InChI=1S/C6H13NOSi/c1-9(2)8-7-6-4-3-5-6/h4,7,9H,3,5H2,1-2H3. The summed E-state index contributed by atoms with van der Waals surface area (Å²) >= 11 is 0. The highest BCUT2D eigenvalue weighted by molar-refractivity contribution is 6.48. The summed E-state index contributed by atoms with van der Waals surface area (Å²) in [5, 5.41) is 0. The van der Waals surface area contributed by atoms with Crippen LogP contribution in [-0.4, -0.2) is 9.04 Å². The molecule has 9 heavy (non-hydrogen) atoms. The van der Waals surface area contributed by atoms with Crippen molar-refractivity contribution in [3.63, 3.8) is 0 Å². The number of hydrogen-bond acceptors (Lipinski definition) is 2. The Bertz CT molecular complexity index is 122. The summed E-state index contributed by atoms with van der Waals surface area (Å²) in [5.74, 6) is 0. The fourth-order valence-electron chi connectivity index (χ4n) is 0.575. The van der Waals surface area contributed by atoms with Crippen LogP contribution in [0.5, 0.6) is 0 Å². The molecule has 2 nitrogen and oxygen atoms in total. The summed E-state index contributed by atoms with van der Waals surface area (Å²) in [5.41, 5.74) is 4.20. The first-order valence-electron chi connectivity index (χ1n) is 3.40. The van der Waals surface area contributed by atoms with Gasteiger partial charge in [0.15, 0.2) is 0 Å². The van der Waals surface area contributed by atoms with Gasteiger partial charge in [-0.25, -0.2) is 0 Å². The van der Waals surface area contributed by atoms with E-state index in [4.69, 9.17) is 4.53 Å². The fourth-order valence-corrected chi connectivity index (χ4v) is 0.962. The lowest BCUT2D eigenvalue weighted by Gasteiger charge is -2.17. The lowest BCUT2D eigenvalue weighted by Crippen LogP contribution is -2.24. The summed E-state index contributed by atoms with van der Waals surface area (Å²) in [6.07, 6.45) is 4.54. The molecular formula is C6H13NOSi. The zero-order valence-corrected chi connectivity index (χ0v) is 7.13. The van der Waals surface area contributed by atoms with Crippen molar-refractivity contribution < 1.29 is 4.53 Å². The molecule has 1 aliphatic rings. The number of hydrogen-bond donors (Lipinski definition) is 1. The molecule has 1 aliphatic carbocycles. The Hall–Kier alpha value is -0.283. The predicted octanol–water partition coefficient (Wildman–Crippen LogP) is 1.17. The molecule has 0 unspecified atom stereocenters. The molecule has 1 N–H and O–H groups in total. The van der Waals surface area contributed by atoms with Crippen LogP contribution in [0.25, 0.3) is 0 Å². The van der Waals surface area contributed by atoms with E-state index >= 15 is 0 Å². The monoisotopic (exact) mass is 143 g/mol. The summed E-state index contributed by atoms with van der Waals surface area (Å²) in [6.45, 7) is 4.29. The fraction of sp³-hybridized carbons (Fsp3) is 0.667. The first-order valence-corrected chi connectivity index (χ1v) is 6.18. The van der Waals surface area contributed by atoms with Gasteiger partial charge in [-0.3, -0.25) is 5.48 Å². The van der Waals surface area contributed by atoms with Crippen molar-refractivity contribution in [2.75, 3.05) is 0 Å². The van der Waals surface area contributed by atoms with Crippen molar-refractivity contribution in [1.82, 2.24) is 5.48 Å². The highest BCUT2D eigenvalue weighted by atomic mass is 28.3. The second-order valence-electron chi connectivity index (χ2n) is 2.54. The summed E-state index contributed by atoms with van der Waals surface area (Å²) in [4.78, 5) is 0. The minimum atomic E-state index is -0.859. The van der Waals surface area contributed by atoms with Gasteiger partial charge in [-0.05, 0) is 25.9 Å². The lowest BCUT2D eigenvalue weighted by atomic mass is 10.1. The maximum absolute atomic E-state index is 5.27. The summed E-state index contributed by atoms with van der Waals surface area (Å²) in [6, 6.07) is 0. The van der Waals surface area contributed by atoms with Crippen LogP contribution in [0.15, 0.2) is 11.8 Å². The van der Waals surface area contributed by atoms with Gasteiger partial charge in [-0.15, -0.1) is 0 Å². The van der Waals surface area contributed by atoms with E-state index in [1.807, 2.05) is 0 Å². The van der Waals surface area contributed by atoms with Gasteiger partial charge in [0.05, 0.1) is 0 Å². The van der Waals surface area contributed by atoms with Gasteiger partial charge in [-0.2, -0.15) is 0 Å². The second kappa shape index (κ2) is 3.03. The van der Waals surface area contributed by atoms with E-state index in [0.29, 0.717) is 0 Å². The number of hydroxylamine groups is 1. The largest absolute Gasteiger partial charge is 0.327 e. The highest BCUT2D eigenvalue weighted by Gasteiger charge is 2.04. The van der Waals surface area contributed by atoms with Gasteiger partial charge in [0.25, 0.3) is 0 Å². The van der Waals surface area contributed by atoms with Crippen LogP contribution in [0.4, 0.5) is 0 Å². The molecular weight excluding hydrogens is 130 g/mol. The lowest BCUT2D eigenvalue weighted by molar-refractivity contribution is 0.223. The maximum atomic E-state index is 5.27. The van der Waals surface area contributed by atoms with Gasteiger partial charge >= 0.3 is 0 Å². The van der Waals surface area contributed by atoms with Crippen molar-refractivity contribution in [3.05, 3.63) is 11.8 Å². The SMILES string of the molecule is C[SiH](C)ONC1=CCC1. The molecule has 0 saturated heterocycles. The van der Waals surface area contributed by atoms with E-state index in [0.717, 1.165) is 0 Å². The van der Waals surface area contributed by atoms with E-state index in [1.54, 1.807) is 0 Å². The van der Waals surface area contributed by atoms with Crippen LogP contribution >= 0.6 is 0 Å². The van der Waals surface area contributed by atoms with Crippen molar-refractivity contribution in [1.29, 1.82) is 0 Å². The normalized spacial score (nSPS) is 17.0. The molecule has 0 spiro atoms. The zero-order valence-electron chi connectivity index (χ0n) is 5.98. The Labute approximate surface area is 57.6 Å². The molecule has 0 radical (unpaired) electrons. The highest BCUT2D eigenvalue weighted by Crippen LogP contribution is 2.13. The molecule has 3 heteroatoms. The number of rotatable bonds is 3. The third kappa shape index (κ3) is 2.20. The van der Waals surface area contributed by atoms with Crippen LogP contribution < -0.4 is 5.48 Å². The van der Waals surface area contributed by atoms with Gasteiger partial charge in [0.2, 0.25) is 9.04 Å². The smallest absolute Gasteiger partial charge is 0.208 e. The second-order valence-corrected chi connectivity index (χ2v) is 4.87. The molecule has 0 amide bonds. The molecule has 0 atom stereocenters. The van der Waals surface area contributed by atoms with Gasteiger partial charge < -0.3 is 4.53 Å². The molecule has 0 aromatic heterocycles. The average Bonchev–Trinajstić information content (AvgIpc) is 1.60. The number of nitrogens with one attached hydrogen (secondary N) is 1. The first kappa shape index (κ1) is 6.83. The molecule has 0 aliphatic heterocycles. The summed E-state index contributed by atoms with van der Waals surface area (Å²) < 4.78 is 5.27. The van der Waals surface area contributed by atoms with E-state index in [1.165, 1.54) is 18.5 Å². The minimum Gasteiger partial charge on any atom is -0.327 e. The predicted molar refractivity (Wildman–Crippen MR) is 40.4 cm³/mol. The topological polar surface area (TPSA) is 21.3 Å². The Morgan fingerprint density at radius 3 is 2.67 bits per heavy atom. The average molecular weight is 143 g/mol. The van der Waals surface area contributed by atoms with E-state index in [2.05, 4.69) is 24.7 Å². The molecule has 0 aromatic carbocycles. The molecule has 0 aromatic rings. The third-order valence-electron chi connectivity index (χ3n) is 1.23.